The lowest BCUT2D eigenvalue weighted by Gasteiger charge is -2.33. The summed E-state index contributed by atoms with van der Waals surface area (Å²) in [5.74, 6) is 0.237. The highest BCUT2D eigenvalue weighted by atomic mass is 32.1. The van der Waals surface area contributed by atoms with Crippen molar-refractivity contribution in [1.82, 2.24) is 14.8 Å². The molecular weight excluding hydrogens is 430 g/mol. The zero-order valence-corrected chi connectivity index (χ0v) is 19.6. The van der Waals surface area contributed by atoms with Crippen molar-refractivity contribution in [3.63, 3.8) is 0 Å². The highest BCUT2D eigenvalue weighted by Crippen LogP contribution is 2.27. The summed E-state index contributed by atoms with van der Waals surface area (Å²) in [5.41, 5.74) is 1.67. The third kappa shape index (κ3) is 7.47. The van der Waals surface area contributed by atoms with Gasteiger partial charge in [-0.1, -0.05) is 19.9 Å². The number of aliphatic carboxylic acids is 1. The first-order valence-electron chi connectivity index (χ1n) is 10.7. The number of nitrogens with one attached hydrogen (secondary N) is 2. The lowest BCUT2D eigenvalue weighted by Crippen LogP contribution is -2.47. The molecular formula is C22H31N5O4S. The topological polar surface area (TPSA) is 107 Å². The number of nitrogens with zero attached hydrogens (tertiary/aromatic N) is 3. The first kappa shape index (κ1) is 24.0. The number of hydrogen-bond acceptors (Lipinski definition) is 7. The van der Waals surface area contributed by atoms with E-state index in [4.69, 9.17) is 9.84 Å². The zero-order chi connectivity index (χ0) is 23.1. The van der Waals surface area contributed by atoms with E-state index in [0.717, 1.165) is 43.2 Å². The summed E-state index contributed by atoms with van der Waals surface area (Å²) in [6, 6.07) is 5.30. The minimum Gasteiger partial charge on any atom is -0.491 e. The van der Waals surface area contributed by atoms with Gasteiger partial charge in [-0.05, 0) is 30.5 Å². The molecule has 1 aliphatic rings. The summed E-state index contributed by atoms with van der Waals surface area (Å²) in [6.45, 7) is 10.6. The van der Waals surface area contributed by atoms with Gasteiger partial charge in [0, 0.05) is 43.8 Å². The van der Waals surface area contributed by atoms with Gasteiger partial charge >= 0.3 is 12.0 Å². The van der Waals surface area contributed by atoms with Crippen molar-refractivity contribution >= 4 is 34.2 Å². The smallest absolute Gasteiger partial charge is 0.325 e. The number of piperazine rings is 1. The Morgan fingerprint density at radius 1 is 1.19 bits per heavy atom. The first-order valence-corrected chi connectivity index (χ1v) is 11.5. The summed E-state index contributed by atoms with van der Waals surface area (Å²) in [4.78, 5) is 32.9. The number of aromatic nitrogens is 1. The normalized spacial score (nSPS) is 15.0. The van der Waals surface area contributed by atoms with Crippen LogP contribution in [0.2, 0.25) is 0 Å². The van der Waals surface area contributed by atoms with Crippen LogP contribution in [0.5, 0.6) is 5.75 Å². The molecule has 3 N–H and O–H groups in total. The minimum absolute atomic E-state index is 0.0861. The Hall–Kier alpha value is -2.69. The van der Waals surface area contributed by atoms with Crippen LogP contribution in [0.3, 0.4) is 0 Å². The van der Waals surface area contributed by atoms with E-state index >= 15 is 0 Å². The number of amides is 2. The molecule has 1 aliphatic heterocycles. The Kier molecular flexibility index (Phi) is 8.43. The van der Waals surface area contributed by atoms with Crippen molar-refractivity contribution in [3.8, 4) is 5.75 Å². The van der Waals surface area contributed by atoms with Gasteiger partial charge in [-0.25, -0.2) is 9.78 Å². The van der Waals surface area contributed by atoms with E-state index in [2.05, 4.69) is 34.4 Å². The van der Waals surface area contributed by atoms with Crippen LogP contribution < -0.4 is 15.4 Å². The minimum atomic E-state index is -0.792. The molecule has 32 heavy (non-hydrogen) atoms. The molecule has 1 saturated heterocycles. The number of carbonyl (C=O) groups is 2. The van der Waals surface area contributed by atoms with E-state index in [-0.39, 0.29) is 12.6 Å². The van der Waals surface area contributed by atoms with Crippen LogP contribution in [0.1, 0.15) is 24.3 Å². The molecule has 0 unspecified atom stereocenters. The lowest BCUT2D eigenvalue weighted by atomic mass is 10.2. The van der Waals surface area contributed by atoms with Crippen molar-refractivity contribution in [2.75, 3.05) is 50.0 Å². The standard InChI is InChI=1S/C22H31N5O4S/c1-15(2)14-31-19-10-16(3)4-5-18(19)24-21(30)25-22-23-11-17(32-22)12-26-6-8-27(9-7-26)13-20(28)29/h4-5,10-11,15H,6-9,12-14H2,1-3H3,(H,28,29)(H2,23,24,25,30). The first-order chi connectivity index (χ1) is 15.3. The molecule has 0 bridgehead atoms. The average molecular weight is 462 g/mol. The Balaban J connectivity index is 1.50. The van der Waals surface area contributed by atoms with Gasteiger partial charge < -0.3 is 15.2 Å². The van der Waals surface area contributed by atoms with Gasteiger partial charge in [-0.15, -0.1) is 11.3 Å². The van der Waals surface area contributed by atoms with Crippen molar-refractivity contribution in [2.24, 2.45) is 5.92 Å². The SMILES string of the molecule is Cc1ccc(NC(=O)Nc2ncc(CN3CCN(CC(=O)O)CC3)s2)c(OCC(C)C)c1. The lowest BCUT2D eigenvalue weighted by molar-refractivity contribution is -0.138. The third-order valence-electron chi connectivity index (χ3n) is 4.93. The maximum absolute atomic E-state index is 12.5. The largest absolute Gasteiger partial charge is 0.491 e. The Labute approximate surface area is 192 Å². The molecule has 0 saturated carbocycles. The molecule has 1 aromatic heterocycles. The molecule has 0 atom stereocenters. The second-order valence-corrected chi connectivity index (χ2v) is 9.48. The quantitative estimate of drug-likeness (QED) is 0.526. The number of thiazole rings is 1. The number of ether oxygens (including phenoxy) is 1. The van der Waals surface area contributed by atoms with Crippen LogP contribution in [0, 0.1) is 12.8 Å². The van der Waals surface area contributed by atoms with Gasteiger partial charge in [0.2, 0.25) is 0 Å². The molecule has 2 heterocycles. The van der Waals surface area contributed by atoms with Gasteiger partial charge in [-0.2, -0.15) is 0 Å². The number of urea groups is 1. The van der Waals surface area contributed by atoms with Crippen LogP contribution in [0.25, 0.3) is 0 Å². The molecule has 10 heteroatoms. The van der Waals surface area contributed by atoms with Gasteiger partial charge in [0.25, 0.3) is 0 Å². The molecule has 3 rings (SSSR count). The van der Waals surface area contributed by atoms with Gasteiger partial charge in [-0.3, -0.25) is 19.9 Å². The number of carbonyl (C=O) groups excluding carboxylic acids is 1. The third-order valence-corrected chi connectivity index (χ3v) is 5.83. The molecule has 174 valence electrons. The molecule has 0 aliphatic carbocycles. The Morgan fingerprint density at radius 3 is 2.59 bits per heavy atom. The van der Waals surface area contributed by atoms with Crippen molar-refractivity contribution in [3.05, 3.63) is 34.8 Å². The van der Waals surface area contributed by atoms with Crippen LogP contribution in [0.15, 0.2) is 24.4 Å². The molecule has 0 radical (unpaired) electrons. The molecule has 9 nitrogen and oxygen atoms in total. The fraction of sp³-hybridized carbons (Fsp3) is 0.500. The molecule has 2 aromatic rings. The van der Waals surface area contributed by atoms with Gasteiger partial charge in [0.05, 0.1) is 18.8 Å². The number of aryl methyl sites for hydroxylation is 1. The maximum atomic E-state index is 12.5. The monoisotopic (exact) mass is 461 g/mol. The van der Waals surface area contributed by atoms with E-state index in [9.17, 15) is 9.59 Å². The predicted octanol–water partition coefficient (Wildman–Crippen LogP) is 3.33. The number of benzene rings is 1. The Morgan fingerprint density at radius 2 is 1.91 bits per heavy atom. The number of hydrogen-bond donors (Lipinski definition) is 3. The van der Waals surface area contributed by atoms with Gasteiger partial charge in [0.15, 0.2) is 5.13 Å². The van der Waals surface area contributed by atoms with Crippen molar-refractivity contribution < 1.29 is 19.4 Å². The summed E-state index contributed by atoms with van der Waals surface area (Å²) in [5, 5.41) is 15.1. The van der Waals surface area contributed by atoms with E-state index in [1.807, 2.05) is 30.0 Å². The number of rotatable bonds is 9. The number of carboxylic acid groups (broad SMARTS) is 1. The zero-order valence-electron chi connectivity index (χ0n) is 18.8. The predicted molar refractivity (Wildman–Crippen MR) is 126 cm³/mol. The summed E-state index contributed by atoms with van der Waals surface area (Å²) in [7, 11) is 0. The van der Waals surface area contributed by atoms with E-state index in [1.54, 1.807) is 6.20 Å². The second-order valence-electron chi connectivity index (χ2n) is 8.36. The van der Waals surface area contributed by atoms with Crippen LogP contribution in [-0.2, 0) is 11.3 Å². The number of anilines is 2. The fourth-order valence-electron chi connectivity index (χ4n) is 3.31. The maximum Gasteiger partial charge on any atom is 0.325 e. The van der Waals surface area contributed by atoms with E-state index in [1.165, 1.54) is 11.3 Å². The summed E-state index contributed by atoms with van der Waals surface area (Å²) in [6.07, 6.45) is 1.77. The van der Waals surface area contributed by atoms with Crippen molar-refractivity contribution in [1.29, 1.82) is 0 Å². The second kappa shape index (κ2) is 11.3. The highest BCUT2D eigenvalue weighted by Gasteiger charge is 2.19. The molecule has 2 amide bonds. The van der Waals surface area contributed by atoms with Crippen molar-refractivity contribution in [2.45, 2.75) is 27.3 Å². The van der Waals surface area contributed by atoms with E-state index in [0.29, 0.717) is 29.1 Å². The molecule has 1 aromatic carbocycles. The summed E-state index contributed by atoms with van der Waals surface area (Å²) >= 11 is 1.43. The average Bonchev–Trinajstić information content (AvgIpc) is 3.15. The molecule has 1 fully saturated rings. The molecule has 0 spiro atoms. The van der Waals surface area contributed by atoms with Crippen LogP contribution in [-0.4, -0.2) is 71.2 Å². The summed E-state index contributed by atoms with van der Waals surface area (Å²) < 4.78 is 5.85. The highest BCUT2D eigenvalue weighted by molar-refractivity contribution is 7.15. The number of carboxylic acids is 1. The van der Waals surface area contributed by atoms with Gasteiger partial charge in [0.1, 0.15) is 5.75 Å². The van der Waals surface area contributed by atoms with Crippen LogP contribution >= 0.6 is 11.3 Å². The Bertz CT molecular complexity index is 925. The fourth-order valence-corrected chi connectivity index (χ4v) is 4.16. The van der Waals surface area contributed by atoms with Crippen LogP contribution in [0.4, 0.5) is 15.6 Å². The van der Waals surface area contributed by atoms with E-state index < -0.39 is 5.97 Å².